The topological polar surface area (TPSA) is 339 Å². The fourth-order valence-corrected chi connectivity index (χ4v) is 19.2. The lowest BCUT2D eigenvalue weighted by atomic mass is 9.97. The van der Waals surface area contributed by atoms with Crippen LogP contribution in [0.25, 0.3) is 83.2 Å². The fourth-order valence-electron chi connectivity index (χ4n) is 18.9. The number of H-pyrrole nitrogens is 4. The SMILES string of the molecule is CCc1cc(C(=O)NC)ccc1Nc1nc(OC2CCCC2)c2c(-c3ccc(C)cc3)c[nH]c2n1.CNC(=O)c1ccc(Nc2nc(OC3CCCC3)c3c(-c4ccc(C)cc4)c[nH]c3n2)c(C)c1.CNC(=O)c1ccc(Nc2nc(OC3CCCCC3)c3c(-c4ccc(C)cc4Cl)c[nH]c3n2)cc1.Cc1ccc(C2=CCc3nc(Cc4cccc(-c5cn[nH]c5)c4)nc(OC4CCCCC4)c32)cc1. The first-order chi connectivity index (χ1) is 67.8. The second-order valence-electron chi connectivity index (χ2n) is 36.6. The lowest BCUT2D eigenvalue weighted by Gasteiger charge is -2.24. The molecule has 0 unspecified atom stereocenters. The molecule has 8 aromatic heterocycles. The van der Waals surface area contributed by atoms with E-state index in [1.54, 1.807) is 45.4 Å². The van der Waals surface area contributed by atoms with E-state index in [0.717, 1.165) is 206 Å². The van der Waals surface area contributed by atoms with E-state index >= 15 is 0 Å². The number of fused-ring (bicyclic) bond motifs is 4. The maximum Gasteiger partial charge on any atom is 0.251 e. The first-order valence-electron chi connectivity index (χ1n) is 48.6. The van der Waals surface area contributed by atoms with Gasteiger partial charge in [0.05, 0.1) is 33.6 Å². The smallest absolute Gasteiger partial charge is 0.251 e. The van der Waals surface area contributed by atoms with Gasteiger partial charge in [0.25, 0.3) is 17.7 Å². The molecule has 0 radical (unpaired) electrons. The highest BCUT2D eigenvalue weighted by Crippen LogP contribution is 2.45. The zero-order valence-corrected chi connectivity index (χ0v) is 80.9. The van der Waals surface area contributed by atoms with E-state index in [1.165, 1.54) is 84.8 Å². The van der Waals surface area contributed by atoms with E-state index in [0.29, 0.717) is 69.3 Å². The van der Waals surface area contributed by atoms with E-state index in [1.807, 2.05) is 99.4 Å². The van der Waals surface area contributed by atoms with Gasteiger partial charge in [-0.05, 0) is 261 Å². The first-order valence-corrected chi connectivity index (χ1v) is 49.0. The molecule has 4 fully saturated rings. The largest absolute Gasteiger partial charge is 0.474 e. The minimum atomic E-state index is -0.133. The summed E-state index contributed by atoms with van der Waals surface area (Å²) in [6, 6.07) is 58.4. The lowest BCUT2D eigenvalue weighted by Crippen LogP contribution is -2.21. The summed E-state index contributed by atoms with van der Waals surface area (Å²) in [4.78, 5) is 84.5. The number of ether oxygens (including phenoxy) is 4. The van der Waals surface area contributed by atoms with Gasteiger partial charge >= 0.3 is 0 Å². The number of aromatic nitrogens is 13. The van der Waals surface area contributed by atoms with Crippen LogP contribution in [-0.2, 0) is 19.3 Å². The number of amides is 3. The number of anilines is 6. The van der Waals surface area contributed by atoms with Gasteiger partial charge < -0.3 is 65.8 Å². The molecule has 5 aliphatic carbocycles. The predicted molar refractivity (Wildman–Crippen MR) is 552 cm³/mol. The first kappa shape index (κ1) is 94.3. The number of nitrogens with zero attached hydrogens (tertiary/aromatic N) is 9. The number of rotatable bonds is 25. The molecular formula is C112H118ClN19O7. The number of aryl methyl sites for hydroxylation is 6. The van der Waals surface area contributed by atoms with Gasteiger partial charge in [0.1, 0.15) is 47.2 Å². The molecular weight excluding hydrogens is 1760 g/mol. The van der Waals surface area contributed by atoms with Crippen molar-refractivity contribution in [3.63, 3.8) is 0 Å². The summed E-state index contributed by atoms with van der Waals surface area (Å²) in [6.45, 7) is 12.3. The number of hydrogen-bond acceptors (Lipinski definition) is 19. The third-order valence-corrected chi connectivity index (χ3v) is 26.8. The Bertz CT molecular complexity index is 7090. The van der Waals surface area contributed by atoms with Crippen molar-refractivity contribution in [2.75, 3.05) is 37.1 Å². The van der Waals surface area contributed by atoms with Gasteiger partial charge in [0, 0.05) is 125 Å². The molecule has 0 bridgehead atoms. The molecule has 0 spiro atoms. The van der Waals surface area contributed by atoms with Gasteiger partial charge in [-0.3, -0.25) is 19.5 Å². The van der Waals surface area contributed by atoms with Crippen LogP contribution in [0.5, 0.6) is 23.5 Å². The molecule has 0 atom stereocenters. The summed E-state index contributed by atoms with van der Waals surface area (Å²) in [5.41, 5.74) is 27.2. The summed E-state index contributed by atoms with van der Waals surface area (Å²) in [6.07, 6.45) is 35.3. The van der Waals surface area contributed by atoms with E-state index in [9.17, 15) is 14.4 Å². The van der Waals surface area contributed by atoms with Gasteiger partial charge in [0.2, 0.25) is 41.4 Å². The summed E-state index contributed by atoms with van der Waals surface area (Å²) >= 11 is 6.61. The number of nitrogens with one attached hydrogen (secondary N) is 10. The minimum Gasteiger partial charge on any atom is -0.474 e. The molecule has 8 aromatic carbocycles. The Hall–Kier alpha value is -15.1. The van der Waals surface area contributed by atoms with Gasteiger partial charge in [-0.1, -0.05) is 163 Å². The van der Waals surface area contributed by atoms with Gasteiger partial charge in [-0.15, -0.1) is 0 Å². The van der Waals surface area contributed by atoms with Crippen LogP contribution >= 0.6 is 11.6 Å². The molecule has 10 N–H and O–H groups in total. The average Bonchev–Trinajstić information content (AvgIpc) is 1.66. The standard InChI is InChI=1S/C30H30N4O.C28H31N5O2.C27H28ClN5O2.C27H29N5O2/c1-20-10-12-22(13-11-20)26-14-15-27-29(26)30(35-25-8-3-2-4-9-25)34-28(33-27)17-21-6-5-7-23(16-21)24-18-31-32-19-24;1-4-18-15-20(26(34)29-3)13-14-23(18)31-28-32-25-24(27(33-28)35-21-7-5-6-8-21)22(16-30-25)19-11-9-17(2)10-12-19;1-16-8-13-20(22(28)14-16)21-15-30-24-23(21)26(35-19-6-4-3-5-7-19)33-27(32-24)31-18-11-9-17(10-12-18)25(34)29-2;1-16-8-10-18(11-9-16)21-15-29-24-23(21)26(34-20-6-4-5-7-20)32-27(31-24)30-22-13-12-19(14-17(22)2)25(33)28-3/h5-7,10-14,16,18-19,25H,2-4,8-9,15,17H2,1H3,(H,31,32);9-16,21H,4-8H2,1-3H3,(H,29,34)(H2,30,31,32,33);8-15,19H,3-7H2,1-2H3,(H,29,34)(H2,30,31,32,33);8-15,20H,4-7H2,1-3H3,(H,28,33)(H2,29,30,31,32). The molecule has 21 rings (SSSR count). The Kier molecular flexibility index (Phi) is 29.5. The maximum absolute atomic E-state index is 12.1. The van der Waals surface area contributed by atoms with Crippen LogP contribution in [0.1, 0.15) is 215 Å². The van der Waals surface area contributed by atoms with Crippen LogP contribution < -0.4 is 50.8 Å². The molecule has 4 saturated carbocycles. The quantitative estimate of drug-likeness (QED) is 0.0254. The number of benzene rings is 8. The van der Waals surface area contributed by atoms with Crippen molar-refractivity contribution in [3.8, 4) is 68.0 Å². The van der Waals surface area contributed by atoms with E-state index in [4.69, 9.17) is 70.4 Å². The number of carbonyl (C=O) groups excluding carboxylic acids is 3. The highest BCUT2D eigenvalue weighted by Gasteiger charge is 2.31. The molecule has 710 valence electrons. The highest BCUT2D eigenvalue weighted by atomic mass is 35.5. The number of aromatic amines is 4. The number of halogens is 1. The van der Waals surface area contributed by atoms with Crippen molar-refractivity contribution in [1.29, 1.82) is 0 Å². The Morgan fingerprint density at radius 3 is 1.35 bits per heavy atom. The van der Waals surface area contributed by atoms with Crippen LogP contribution in [0.15, 0.2) is 213 Å². The van der Waals surface area contributed by atoms with Crippen molar-refractivity contribution in [2.24, 2.45) is 0 Å². The number of hydrogen-bond donors (Lipinski definition) is 10. The second kappa shape index (κ2) is 43.5. The van der Waals surface area contributed by atoms with E-state index in [2.05, 4.69) is 188 Å². The third-order valence-electron chi connectivity index (χ3n) is 26.5. The van der Waals surface area contributed by atoms with E-state index < -0.39 is 0 Å². The molecule has 139 heavy (non-hydrogen) atoms. The molecule has 26 nitrogen and oxygen atoms in total. The number of allylic oxidation sites excluding steroid dienone is 1. The minimum absolute atomic E-state index is 0.105. The van der Waals surface area contributed by atoms with Gasteiger partial charge in [-0.25, -0.2) is 4.98 Å². The van der Waals surface area contributed by atoms with Crippen molar-refractivity contribution < 1.29 is 33.3 Å². The normalized spacial score (nSPS) is 14.4. The Labute approximate surface area is 814 Å². The van der Waals surface area contributed by atoms with Crippen molar-refractivity contribution in [3.05, 3.63) is 296 Å². The Morgan fingerprint density at radius 1 is 0.403 bits per heavy atom. The third kappa shape index (κ3) is 22.5. The maximum atomic E-state index is 12.1. The molecule has 0 aliphatic heterocycles. The average molecular weight is 1880 g/mol. The summed E-state index contributed by atoms with van der Waals surface area (Å²) in [5.74, 6) is 4.28. The molecule has 0 saturated heterocycles. The predicted octanol–water partition coefficient (Wildman–Crippen LogP) is 24.5. The summed E-state index contributed by atoms with van der Waals surface area (Å²) in [5, 5.41) is 28.2. The highest BCUT2D eigenvalue weighted by molar-refractivity contribution is 6.34. The Morgan fingerprint density at radius 2 is 0.856 bits per heavy atom. The van der Waals surface area contributed by atoms with Crippen LogP contribution in [0.4, 0.5) is 34.9 Å². The zero-order valence-electron chi connectivity index (χ0n) is 80.1. The molecule has 5 aliphatic rings. The van der Waals surface area contributed by atoms with Crippen LogP contribution in [0.2, 0.25) is 5.02 Å². The Balaban J connectivity index is 0.000000123. The monoisotopic (exact) mass is 1880 g/mol. The van der Waals surface area contributed by atoms with Crippen molar-refractivity contribution in [1.82, 2.24) is 81.0 Å². The zero-order chi connectivity index (χ0) is 96.0. The van der Waals surface area contributed by atoms with Crippen LogP contribution in [0.3, 0.4) is 0 Å². The van der Waals surface area contributed by atoms with Gasteiger partial charge in [-0.2, -0.15) is 40.0 Å². The summed E-state index contributed by atoms with van der Waals surface area (Å²) < 4.78 is 26.0. The molecule has 27 heteroatoms. The van der Waals surface area contributed by atoms with Crippen LogP contribution in [0, 0.1) is 34.6 Å². The van der Waals surface area contributed by atoms with Gasteiger partial charge in [0.15, 0.2) is 0 Å². The van der Waals surface area contributed by atoms with E-state index in [-0.39, 0.29) is 42.1 Å². The lowest BCUT2D eigenvalue weighted by molar-refractivity contribution is 0.0955. The molecule has 8 heterocycles. The van der Waals surface area contributed by atoms with Crippen molar-refractivity contribution >= 4 is 103 Å². The number of carbonyl (C=O) groups is 3. The van der Waals surface area contributed by atoms with Crippen LogP contribution in [-0.4, -0.2) is 128 Å². The summed E-state index contributed by atoms with van der Waals surface area (Å²) in [7, 11) is 4.87. The second-order valence-corrected chi connectivity index (χ2v) is 37.0. The van der Waals surface area contributed by atoms with Crippen molar-refractivity contribution in [2.45, 2.75) is 201 Å². The fraction of sp³-hybridized carbons (Fsp3) is 0.304. The molecule has 3 amide bonds. The molecule has 16 aromatic rings.